The predicted molar refractivity (Wildman–Crippen MR) is 94.7 cm³/mol. The lowest BCUT2D eigenvalue weighted by Crippen LogP contribution is -2.37. The third-order valence-corrected chi connectivity index (χ3v) is 4.45. The monoisotopic (exact) mass is 431 g/mol. The van der Waals surface area contributed by atoms with Crippen LogP contribution in [-0.4, -0.2) is 33.9 Å². The fourth-order valence-corrected chi connectivity index (χ4v) is 2.94. The number of oxime groups is 1. The lowest BCUT2D eigenvalue weighted by atomic mass is 9.94. The average molecular weight is 432 g/mol. The molecule has 0 amide bonds. The van der Waals surface area contributed by atoms with Crippen molar-refractivity contribution < 1.29 is 31.9 Å². The maximum Gasteiger partial charge on any atom is 0.434 e. The van der Waals surface area contributed by atoms with Gasteiger partial charge in [-0.2, -0.15) is 13.2 Å². The molecule has 0 spiro atoms. The number of benzene rings is 1. The second kappa shape index (κ2) is 7.58. The average Bonchev–Trinajstić information content (AvgIpc) is 3.05. The number of carbonyl (C=O) groups excluding carboxylic acids is 1. The van der Waals surface area contributed by atoms with Gasteiger partial charge in [0.25, 0.3) is 0 Å². The molecule has 2 heterocycles. The molecule has 11 heteroatoms. The van der Waals surface area contributed by atoms with Gasteiger partial charge in [-0.3, -0.25) is 4.98 Å². The molecule has 0 fully saturated rings. The summed E-state index contributed by atoms with van der Waals surface area (Å²) < 4.78 is 58.1. The fourth-order valence-electron chi connectivity index (χ4n) is 2.68. The van der Waals surface area contributed by atoms with Crippen molar-refractivity contribution in [2.75, 3.05) is 6.61 Å². The molecule has 0 aliphatic carbocycles. The Kier molecular flexibility index (Phi) is 5.48. The van der Waals surface area contributed by atoms with Gasteiger partial charge in [-0.25, -0.2) is 14.2 Å². The smallest absolute Gasteiger partial charge is 0.434 e. The van der Waals surface area contributed by atoms with Gasteiger partial charge < -0.3 is 9.57 Å². The van der Waals surface area contributed by atoms with Crippen LogP contribution in [0.2, 0.25) is 5.02 Å². The lowest BCUT2D eigenvalue weighted by Gasteiger charge is -2.18. The first-order chi connectivity index (χ1) is 13.5. The molecule has 6 nitrogen and oxygen atoms in total. The number of hydrogen-bond donors (Lipinski definition) is 0. The standard InChI is InChI=1S/C18H14ClF4N3O3/c1-3-28-16(27)17(2)6-13(26-29-17)9-4-10(12(20)5-11(9)19)14-7-24-8-15(25-14)18(21,22)23/h4-5,7-8H,3,6H2,1-2H3. The van der Waals surface area contributed by atoms with Gasteiger partial charge in [0.2, 0.25) is 5.60 Å². The number of esters is 1. The molecule has 1 aliphatic rings. The van der Waals surface area contributed by atoms with Crippen molar-refractivity contribution >= 4 is 23.3 Å². The Morgan fingerprint density at radius 3 is 2.69 bits per heavy atom. The van der Waals surface area contributed by atoms with Gasteiger partial charge in [0.15, 0.2) is 5.69 Å². The second-order valence-corrected chi connectivity index (χ2v) is 6.76. The van der Waals surface area contributed by atoms with Crippen LogP contribution < -0.4 is 0 Å². The van der Waals surface area contributed by atoms with Crippen LogP contribution >= 0.6 is 11.6 Å². The first-order valence-electron chi connectivity index (χ1n) is 8.36. The molecule has 29 heavy (non-hydrogen) atoms. The molecular formula is C18H14ClF4N3O3. The number of aromatic nitrogens is 2. The van der Waals surface area contributed by atoms with Gasteiger partial charge in [-0.05, 0) is 26.0 Å². The summed E-state index contributed by atoms with van der Waals surface area (Å²) in [4.78, 5) is 24.2. The molecule has 0 bridgehead atoms. The predicted octanol–water partition coefficient (Wildman–Crippen LogP) is 4.40. The number of rotatable bonds is 4. The molecule has 0 saturated heterocycles. The van der Waals surface area contributed by atoms with Gasteiger partial charge >= 0.3 is 12.1 Å². The number of ether oxygens (including phenoxy) is 1. The van der Waals surface area contributed by atoms with E-state index in [0.717, 1.165) is 12.3 Å². The SMILES string of the molecule is CCOC(=O)C1(C)CC(c2cc(-c3cncc(C(F)(F)F)n3)c(F)cc2Cl)=NO1. The maximum atomic E-state index is 14.4. The summed E-state index contributed by atoms with van der Waals surface area (Å²) in [5, 5.41) is 3.78. The van der Waals surface area contributed by atoms with Crippen LogP contribution in [0.25, 0.3) is 11.3 Å². The van der Waals surface area contributed by atoms with Gasteiger partial charge in [-0.15, -0.1) is 0 Å². The van der Waals surface area contributed by atoms with Crippen LogP contribution in [0.5, 0.6) is 0 Å². The van der Waals surface area contributed by atoms with E-state index in [1.807, 2.05) is 0 Å². The van der Waals surface area contributed by atoms with Crippen molar-refractivity contribution in [3.8, 4) is 11.3 Å². The summed E-state index contributed by atoms with van der Waals surface area (Å²) in [6, 6.07) is 2.12. The molecule has 1 unspecified atom stereocenters. The fraction of sp³-hybridized carbons (Fsp3) is 0.333. The van der Waals surface area contributed by atoms with E-state index in [0.29, 0.717) is 6.20 Å². The van der Waals surface area contributed by atoms with Crippen LogP contribution in [0.15, 0.2) is 29.7 Å². The number of hydrogen-bond acceptors (Lipinski definition) is 6. The van der Waals surface area contributed by atoms with Crippen molar-refractivity contribution in [3.05, 3.63) is 46.6 Å². The normalized spacial score (nSPS) is 18.9. The van der Waals surface area contributed by atoms with Crippen LogP contribution in [-0.2, 0) is 20.5 Å². The van der Waals surface area contributed by atoms with E-state index < -0.39 is 29.3 Å². The third-order valence-electron chi connectivity index (χ3n) is 4.14. The van der Waals surface area contributed by atoms with Crippen molar-refractivity contribution in [2.45, 2.75) is 32.0 Å². The highest BCUT2D eigenvalue weighted by molar-refractivity contribution is 6.34. The van der Waals surface area contributed by atoms with Gasteiger partial charge in [0.05, 0.1) is 35.4 Å². The number of alkyl halides is 3. The molecule has 0 saturated carbocycles. The summed E-state index contributed by atoms with van der Waals surface area (Å²) in [5.74, 6) is -1.53. The van der Waals surface area contributed by atoms with E-state index in [4.69, 9.17) is 21.2 Å². The zero-order valence-corrected chi connectivity index (χ0v) is 15.9. The highest BCUT2D eigenvalue weighted by atomic mass is 35.5. The van der Waals surface area contributed by atoms with Crippen LogP contribution in [0.3, 0.4) is 0 Å². The van der Waals surface area contributed by atoms with Crippen LogP contribution in [0, 0.1) is 5.82 Å². The minimum atomic E-state index is -4.74. The molecule has 1 atom stereocenters. The van der Waals surface area contributed by atoms with Crippen LogP contribution in [0.4, 0.5) is 17.6 Å². The summed E-state index contributed by atoms with van der Waals surface area (Å²) in [6.45, 7) is 3.25. The summed E-state index contributed by atoms with van der Waals surface area (Å²) in [5.41, 5.74) is -2.83. The Balaban J connectivity index is 1.99. The van der Waals surface area contributed by atoms with Crippen molar-refractivity contribution in [1.29, 1.82) is 0 Å². The molecule has 1 aliphatic heterocycles. The molecule has 154 valence electrons. The molecule has 1 aromatic carbocycles. The zero-order chi connectivity index (χ0) is 21.4. The van der Waals surface area contributed by atoms with E-state index in [1.54, 1.807) is 6.92 Å². The highest BCUT2D eigenvalue weighted by Gasteiger charge is 2.44. The number of nitrogens with zero attached hydrogens (tertiary/aromatic N) is 3. The van der Waals surface area contributed by atoms with E-state index in [9.17, 15) is 22.4 Å². The van der Waals surface area contributed by atoms with E-state index in [1.165, 1.54) is 13.0 Å². The molecule has 0 radical (unpaired) electrons. The molecule has 1 aromatic heterocycles. The second-order valence-electron chi connectivity index (χ2n) is 6.36. The van der Waals surface area contributed by atoms with Crippen LogP contribution in [0.1, 0.15) is 31.5 Å². The summed E-state index contributed by atoms with van der Waals surface area (Å²) in [7, 11) is 0. The van der Waals surface area contributed by atoms with E-state index >= 15 is 0 Å². The Bertz CT molecular complexity index is 997. The van der Waals surface area contributed by atoms with Crippen molar-refractivity contribution in [2.24, 2.45) is 5.16 Å². The summed E-state index contributed by atoms with van der Waals surface area (Å²) in [6.07, 6.45) is -3.22. The lowest BCUT2D eigenvalue weighted by molar-refractivity contribution is -0.166. The minimum Gasteiger partial charge on any atom is -0.463 e. The minimum absolute atomic E-state index is 0.0229. The quantitative estimate of drug-likeness (QED) is 0.530. The van der Waals surface area contributed by atoms with E-state index in [-0.39, 0.29) is 40.6 Å². The topological polar surface area (TPSA) is 73.7 Å². The maximum absolute atomic E-state index is 14.4. The van der Waals surface area contributed by atoms with Gasteiger partial charge in [0, 0.05) is 17.5 Å². The zero-order valence-electron chi connectivity index (χ0n) is 15.2. The molecule has 2 aromatic rings. The Labute approximate surface area is 167 Å². The largest absolute Gasteiger partial charge is 0.463 e. The Morgan fingerprint density at radius 1 is 1.31 bits per heavy atom. The molecule has 3 rings (SSSR count). The Morgan fingerprint density at radius 2 is 2.03 bits per heavy atom. The van der Waals surface area contributed by atoms with Crippen molar-refractivity contribution in [3.63, 3.8) is 0 Å². The highest BCUT2D eigenvalue weighted by Crippen LogP contribution is 2.35. The van der Waals surface area contributed by atoms with Gasteiger partial charge in [-0.1, -0.05) is 16.8 Å². The third kappa shape index (κ3) is 4.16. The van der Waals surface area contributed by atoms with Crippen molar-refractivity contribution in [1.82, 2.24) is 9.97 Å². The van der Waals surface area contributed by atoms with Gasteiger partial charge in [0.1, 0.15) is 5.82 Å². The van der Waals surface area contributed by atoms with E-state index in [2.05, 4.69) is 15.1 Å². The molecular weight excluding hydrogens is 418 g/mol. The first kappa shape index (κ1) is 21.0. The Hall–Kier alpha value is -2.75. The first-order valence-corrected chi connectivity index (χ1v) is 8.74. The number of halogens is 5. The summed E-state index contributed by atoms with van der Waals surface area (Å²) >= 11 is 6.10. The molecule has 0 N–H and O–H groups in total. The number of carbonyl (C=O) groups is 1.